The highest BCUT2D eigenvalue weighted by Gasteiger charge is 2.11. The van der Waals surface area contributed by atoms with E-state index < -0.39 is 0 Å². The van der Waals surface area contributed by atoms with Crippen LogP contribution in [0.2, 0.25) is 0 Å². The molecule has 0 unspecified atom stereocenters. The predicted molar refractivity (Wildman–Crippen MR) is 85.0 cm³/mol. The van der Waals surface area contributed by atoms with E-state index in [1.54, 1.807) is 6.20 Å². The third kappa shape index (κ3) is 4.42. The molecule has 0 fully saturated rings. The topological polar surface area (TPSA) is 42.0 Å². The number of rotatable bonds is 5. The molecule has 3 nitrogen and oxygen atoms in total. The van der Waals surface area contributed by atoms with Gasteiger partial charge in [0.1, 0.15) is 0 Å². The van der Waals surface area contributed by atoms with Gasteiger partial charge in [0.05, 0.1) is 18.2 Å². The van der Waals surface area contributed by atoms with Gasteiger partial charge in [-0.3, -0.25) is 9.78 Å². The monoisotopic (exact) mass is 282 g/mol. The molecule has 1 amide bonds. The fourth-order valence-corrected chi connectivity index (χ4v) is 2.20. The van der Waals surface area contributed by atoms with Crippen molar-refractivity contribution in [1.29, 1.82) is 0 Å². The van der Waals surface area contributed by atoms with E-state index in [0.717, 1.165) is 11.3 Å². The summed E-state index contributed by atoms with van der Waals surface area (Å²) in [7, 11) is 0. The Morgan fingerprint density at radius 2 is 1.81 bits per heavy atom. The van der Waals surface area contributed by atoms with Crippen molar-refractivity contribution in [3.05, 3.63) is 65.5 Å². The Morgan fingerprint density at radius 3 is 2.38 bits per heavy atom. The Bertz CT molecular complexity index is 576. The van der Waals surface area contributed by atoms with Crippen LogP contribution >= 0.6 is 0 Å². The second-order valence-electron chi connectivity index (χ2n) is 5.62. The smallest absolute Gasteiger partial charge is 0.224 e. The fraction of sp³-hybridized carbons (Fsp3) is 0.333. The quantitative estimate of drug-likeness (QED) is 0.910. The molecule has 2 aromatic rings. The van der Waals surface area contributed by atoms with Crippen molar-refractivity contribution in [2.75, 3.05) is 0 Å². The van der Waals surface area contributed by atoms with Crippen LogP contribution in [0.5, 0.6) is 0 Å². The zero-order valence-corrected chi connectivity index (χ0v) is 12.8. The highest BCUT2D eigenvalue weighted by atomic mass is 16.1. The normalized spacial score (nSPS) is 12.2. The largest absolute Gasteiger partial charge is 0.348 e. The summed E-state index contributed by atoms with van der Waals surface area (Å²) in [5.74, 6) is 0.530. The Balaban J connectivity index is 1.92. The number of benzene rings is 1. The maximum atomic E-state index is 12.1. The zero-order chi connectivity index (χ0) is 15.2. The van der Waals surface area contributed by atoms with Gasteiger partial charge in [-0.25, -0.2) is 0 Å². The molecular weight excluding hydrogens is 260 g/mol. The molecule has 21 heavy (non-hydrogen) atoms. The minimum Gasteiger partial charge on any atom is -0.348 e. The van der Waals surface area contributed by atoms with Crippen LogP contribution in [0.25, 0.3) is 0 Å². The number of nitrogens with zero attached hydrogens (tertiary/aromatic N) is 1. The molecule has 110 valence electrons. The van der Waals surface area contributed by atoms with Crippen LogP contribution in [0, 0.1) is 0 Å². The van der Waals surface area contributed by atoms with E-state index in [-0.39, 0.29) is 11.9 Å². The van der Waals surface area contributed by atoms with Crippen LogP contribution in [0.15, 0.2) is 48.7 Å². The van der Waals surface area contributed by atoms with Gasteiger partial charge in [0, 0.05) is 6.20 Å². The number of aromatic nitrogens is 1. The van der Waals surface area contributed by atoms with Crippen molar-refractivity contribution in [3.8, 4) is 0 Å². The molecular formula is C18H22N2O. The summed E-state index contributed by atoms with van der Waals surface area (Å²) in [6, 6.07) is 13.9. The first-order valence-electron chi connectivity index (χ1n) is 7.35. The first-order valence-corrected chi connectivity index (χ1v) is 7.35. The molecule has 0 spiro atoms. The molecule has 1 aromatic carbocycles. The van der Waals surface area contributed by atoms with E-state index >= 15 is 0 Å². The van der Waals surface area contributed by atoms with E-state index in [1.165, 1.54) is 5.56 Å². The molecule has 0 aliphatic carbocycles. The molecule has 1 heterocycles. The lowest BCUT2D eigenvalue weighted by atomic mass is 10.0. The lowest BCUT2D eigenvalue weighted by molar-refractivity contribution is -0.121. The van der Waals surface area contributed by atoms with E-state index in [0.29, 0.717) is 12.3 Å². The third-order valence-corrected chi connectivity index (χ3v) is 3.52. The van der Waals surface area contributed by atoms with E-state index in [9.17, 15) is 4.79 Å². The van der Waals surface area contributed by atoms with Crippen molar-refractivity contribution in [3.63, 3.8) is 0 Å². The molecule has 3 heteroatoms. The highest BCUT2D eigenvalue weighted by molar-refractivity contribution is 5.78. The number of carbonyl (C=O) groups is 1. The lowest BCUT2D eigenvalue weighted by Crippen LogP contribution is -2.28. The fourth-order valence-electron chi connectivity index (χ4n) is 2.20. The molecule has 1 aromatic heterocycles. The van der Waals surface area contributed by atoms with Crippen LogP contribution < -0.4 is 5.32 Å². The molecule has 1 atom stereocenters. The van der Waals surface area contributed by atoms with Crippen molar-refractivity contribution in [2.24, 2.45) is 0 Å². The summed E-state index contributed by atoms with van der Waals surface area (Å²) in [4.78, 5) is 16.3. The van der Waals surface area contributed by atoms with Gasteiger partial charge in [0.15, 0.2) is 0 Å². The molecule has 1 N–H and O–H groups in total. The lowest BCUT2D eigenvalue weighted by Gasteiger charge is -2.13. The van der Waals surface area contributed by atoms with Crippen molar-refractivity contribution in [1.82, 2.24) is 10.3 Å². The third-order valence-electron chi connectivity index (χ3n) is 3.52. The maximum absolute atomic E-state index is 12.1. The first-order chi connectivity index (χ1) is 10.1. The summed E-state index contributed by atoms with van der Waals surface area (Å²) in [6.07, 6.45) is 2.14. The van der Waals surface area contributed by atoms with Gasteiger partial charge in [0.25, 0.3) is 0 Å². The molecule has 0 saturated heterocycles. The Morgan fingerprint density at radius 1 is 1.10 bits per heavy atom. The van der Waals surface area contributed by atoms with Gasteiger partial charge < -0.3 is 5.32 Å². The van der Waals surface area contributed by atoms with Gasteiger partial charge in [-0.1, -0.05) is 44.2 Å². The highest BCUT2D eigenvalue weighted by Crippen LogP contribution is 2.15. The van der Waals surface area contributed by atoms with Crippen molar-refractivity contribution in [2.45, 2.75) is 39.2 Å². The van der Waals surface area contributed by atoms with Crippen molar-refractivity contribution < 1.29 is 4.79 Å². The van der Waals surface area contributed by atoms with E-state index in [1.807, 2.05) is 37.3 Å². The van der Waals surface area contributed by atoms with E-state index in [2.05, 4.69) is 36.3 Å². The molecule has 0 saturated carbocycles. The minimum absolute atomic E-state index is 0.0189. The average molecular weight is 282 g/mol. The standard InChI is InChI=1S/C18H22N2O/c1-13(2)16-9-7-15(8-10-16)12-18(21)20-14(3)17-6-4-5-11-19-17/h4-11,13-14H,12H2,1-3H3,(H,20,21)/t14-/m1/s1. The maximum Gasteiger partial charge on any atom is 0.224 e. The zero-order valence-electron chi connectivity index (χ0n) is 12.8. The number of hydrogen-bond acceptors (Lipinski definition) is 2. The molecule has 0 aliphatic heterocycles. The van der Waals surface area contributed by atoms with Crippen molar-refractivity contribution >= 4 is 5.91 Å². The Labute approximate surface area is 126 Å². The number of nitrogens with one attached hydrogen (secondary N) is 1. The van der Waals surface area contributed by atoms with Gasteiger partial charge >= 0.3 is 0 Å². The number of amides is 1. The van der Waals surface area contributed by atoms with Gasteiger partial charge in [0.2, 0.25) is 5.91 Å². The van der Waals surface area contributed by atoms with E-state index in [4.69, 9.17) is 0 Å². The molecule has 2 rings (SSSR count). The summed E-state index contributed by atoms with van der Waals surface area (Å²) in [5, 5.41) is 2.98. The average Bonchev–Trinajstić information content (AvgIpc) is 2.48. The first kappa shape index (κ1) is 15.2. The van der Waals surface area contributed by atoms with Crippen LogP contribution in [0.1, 0.15) is 49.6 Å². The Hall–Kier alpha value is -2.16. The number of pyridine rings is 1. The molecule has 0 bridgehead atoms. The summed E-state index contributed by atoms with van der Waals surface area (Å²) >= 11 is 0. The van der Waals surface area contributed by atoms with Gasteiger partial charge in [-0.05, 0) is 36.1 Å². The Kier molecular flexibility index (Phi) is 5.09. The number of carbonyl (C=O) groups excluding carboxylic acids is 1. The predicted octanol–water partition coefficient (Wildman–Crippen LogP) is 3.62. The van der Waals surface area contributed by atoms with Crippen LogP contribution in [0.3, 0.4) is 0 Å². The summed E-state index contributed by atoms with van der Waals surface area (Å²) in [5.41, 5.74) is 3.20. The summed E-state index contributed by atoms with van der Waals surface area (Å²) < 4.78 is 0. The van der Waals surface area contributed by atoms with Crippen LogP contribution in [-0.2, 0) is 11.2 Å². The van der Waals surface area contributed by atoms with Gasteiger partial charge in [-0.2, -0.15) is 0 Å². The number of hydrogen-bond donors (Lipinski definition) is 1. The molecule has 0 radical (unpaired) electrons. The summed E-state index contributed by atoms with van der Waals surface area (Å²) in [6.45, 7) is 6.27. The molecule has 0 aliphatic rings. The van der Waals surface area contributed by atoms with Crippen LogP contribution in [-0.4, -0.2) is 10.9 Å². The minimum atomic E-state index is -0.0753. The second kappa shape index (κ2) is 7.02. The second-order valence-corrected chi connectivity index (χ2v) is 5.62. The van der Waals surface area contributed by atoms with Crippen LogP contribution in [0.4, 0.5) is 0 Å². The van der Waals surface area contributed by atoms with Gasteiger partial charge in [-0.15, -0.1) is 0 Å². The SMILES string of the molecule is CC(C)c1ccc(CC(=O)N[C@H](C)c2ccccn2)cc1.